The maximum absolute atomic E-state index is 12.1. The van der Waals surface area contributed by atoms with Crippen LogP contribution in [0.1, 0.15) is 33.1 Å². The van der Waals surface area contributed by atoms with E-state index in [1.807, 2.05) is 13.8 Å². The monoisotopic (exact) mass is 329 g/mol. The van der Waals surface area contributed by atoms with E-state index in [2.05, 4.69) is 10.6 Å². The van der Waals surface area contributed by atoms with Crippen LogP contribution in [0.3, 0.4) is 0 Å². The average Bonchev–Trinajstić information content (AvgIpc) is 2.80. The fraction of sp³-hybridized carbons (Fsp3) is 0.857. The molecule has 132 valence electrons. The number of carbonyl (C=O) groups is 2. The number of hydrogen-bond donors (Lipinski definition) is 6. The first kappa shape index (κ1) is 19.9. The molecule has 1 amide bonds. The van der Waals surface area contributed by atoms with Crippen LogP contribution in [0.4, 0.5) is 0 Å². The van der Waals surface area contributed by atoms with Gasteiger partial charge in [-0.1, -0.05) is 20.3 Å². The molecule has 0 aliphatic carbocycles. The Bertz CT molecular complexity index is 408. The molecule has 0 aromatic carbocycles. The fourth-order valence-electron chi connectivity index (χ4n) is 3.03. The van der Waals surface area contributed by atoms with Gasteiger partial charge in [0.05, 0.1) is 6.04 Å². The Balaban J connectivity index is 2.63. The Hall–Kier alpha value is -1.16. The predicted octanol–water partition coefficient (Wildman–Crippen LogP) is -1.23. The number of amides is 1. The van der Waals surface area contributed by atoms with Gasteiger partial charge < -0.3 is 31.5 Å². The summed E-state index contributed by atoms with van der Waals surface area (Å²) in [5, 5.41) is 32.8. The summed E-state index contributed by atoms with van der Waals surface area (Å²) < 4.78 is 0. The third-order valence-corrected chi connectivity index (χ3v) is 4.16. The van der Waals surface area contributed by atoms with Crippen LogP contribution < -0.4 is 16.4 Å². The molecule has 0 bridgehead atoms. The molecule has 0 spiro atoms. The number of carbonyl (C=O) groups excluding carboxylic acids is 1. The van der Waals surface area contributed by atoms with E-state index in [1.54, 1.807) is 0 Å². The van der Waals surface area contributed by atoms with Crippen molar-refractivity contribution in [2.75, 3.05) is 6.54 Å². The standard InChI is InChI=1S/C14H28BN3O5/c1-8(2)6-10(16)13(19)18-11-7-17-12(14(20)21)9(11)4-3-5-15(22)23/h8-12,17,22-23H,3-7,16H2,1-2H3,(H,18,19)(H,20,21)/t9-,10+,11+,12+/m1/s1. The summed E-state index contributed by atoms with van der Waals surface area (Å²) in [4.78, 5) is 23.5. The largest absolute Gasteiger partial charge is 0.480 e. The van der Waals surface area contributed by atoms with Crippen LogP contribution in [-0.4, -0.2) is 58.8 Å². The van der Waals surface area contributed by atoms with E-state index >= 15 is 0 Å². The normalized spacial score (nSPS) is 25.4. The number of nitrogens with one attached hydrogen (secondary N) is 2. The van der Waals surface area contributed by atoms with Crippen LogP contribution in [0, 0.1) is 11.8 Å². The highest BCUT2D eigenvalue weighted by Gasteiger charge is 2.40. The molecule has 0 saturated carbocycles. The van der Waals surface area contributed by atoms with E-state index in [4.69, 9.17) is 15.8 Å². The van der Waals surface area contributed by atoms with Gasteiger partial charge in [-0.25, -0.2) is 0 Å². The molecule has 23 heavy (non-hydrogen) atoms. The van der Waals surface area contributed by atoms with E-state index in [9.17, 15) is 14.7 Å². The van der Waals surface area contributed by atoms with Crippen molar-refractivity contribution >= 4 is 19.0 Å². The van der Waals surface area contributed by atoms with Crippen molar-refractivity contribution in [3.63, 3.8) is 0 Å². The van der Waals surface area contributed by atoms with Gasteiger partial charge in [0, 0.05) is 18.5 Å². The van der Waals surface area contributed by atoms with Gasteiger partial charge >= 0.3 is 13.1 Å². The van der Waals surface area contributed by atoms with Crippen molar-refractivity contribution < 1.29 is 24.7 Å². The third kappa shape index (κ3) is 6.46. The maximum atomic E-state index is 12.1. The topological polar surface area (TPSA) is 145 Å². The molecule has 9 heteroatoms. The van der Waals surface area contributed by atoms with Crippen molar-refractivity contribution in [1.29, 1.82) is 0 Å². The van der Waals surface area contributed by atoms with Gasteiger partial charge in [-0.05, 0) is 25.1 Å². The van der Waals surface area contributed by atoms with Crippen molar-refractivity contribution in [2.45, 2.75) is 57.6 Å². The van der Waals surface area contributed by atoms with Gasteiger partial charge in [0.25, 0.3) is 0 Å². The van der Waals surface area contributed by atoms with E-state index < -0.39 is 25.2 Å². The minimum Gasteiger partial charge on any atom is -0.480 e. The molecule has 0 aromatic heterocycles. The summed E-state index contributed by atoms with van der Waals surface area (Å²) in [5.74, 6) is -1.25. The molecule has 1 heterocycles. The van der Waals surface area contributed by atoms with Gasteiger partial charge in [0.2, 0.25) is 5.91 Å². The number of rotatable bonds is 9. The summed E-state index contributed by atoms with van der Waals surface area (Å²) in [5.41, 5.74) is 5.86. The number of aliphatic carboxylic acids is 1. The average molecular weight is 329 g/mol. The number of nitrogens with two attached hydrogens (primary N) is 1. The van der Waals surface area contributed by atoms with Gasteiger partial charge in [-0.2, -0.15) is 0 Å². The highest BCUT2D eigenvalue weighted by molar-refractivity contribution is 6.40. The van der Waals surface area contributed by atoms with Crippen LogP contribution in [0.15, 0.2) is 0 Å². The Labute approximate surface area is 137 Å². The van der Waals surface area contributed by atoms with Crippen LogP contribution >= 0.6 is 0 Å². The summed E-state index contributed by atoms with van der Waals surface area (Å²) in [6, 6.07) is -1.69. The second-order valence-electron chi connectivity index (χ2n) is 6.65. The first-order chi connectivity index (χ1) is 10.7. The molecular weight excluding hydrogens is 301 g/mol. The van der Waals surface area contributed by atoms with E-state index in [0.29, 0.717) is 31.7 Å². The second-order valence-corrected chi connectivity index (χ2v) is 6.65. The van der Waals surface area contributed by atoms with Crippen LogP contribution in [-0.2, 0) is 9.59 Å². The zero-order valence-electron chi connectivity index (χ0n) is 13.7. The van der Waals surface area contributed by atoms with Gasteiger partial charge in [0.15, 0.2) is 0 Å². The van der Waals surface area contributed by atoms with Crippen molar-refractivity contribution in [2.24, 2.45) is 17.6 Å². The van der Waals surface area contributed by atoms with Crippen molar-refractivity contribution in [3.8, 4) is 0 Å². The molecule has 7 N–H and O–H groups in total. The van der Waals surface area contributed by atoms with Crippen LogP contribution in [0.5, 0.6) is 0 Å². The van der Waals surface area contributed by atoms with Gasteiger partial charge in [-0.3, -0.25) is 9.59 Å². The lowest BCUT2D eigenvalue weighted by Crippen LogP contribution is -2.49. The quantitative estimate of drug-likeness (QED) is 0.291. The lowest BCUT2D eigenvalue weighted by atomic mass is 9.80. The molecule has 1 fully saturated rings. The Morgan fingerprint density at radius 2 is 2.04 bits per heavy atom. The predicted molar refractivity (Wildman–Crippen MR) is 86.5 cm³/mol. The molecular formula is C14H28BN3O5. The number of carboxylic acid groups (broad SMARTS) is 1. The number of carboxylic acids is 1. The summed E-state index contributed by atoms with van der Waals surface area (Å²) in [6.45, 7) is 4.32. The molecule has 0 radical (unpaired) electrons. The molecule has 8 nitrogen and oxygen atoms in total. The Morgan fingerprint density at radius 1 is 1.39 bits per heavy atom. The lowest BCUT2D eigenvalue weighted by molar-refractivity contribution is -0.140. The fourth-order valence-corrected chi connectivity index (χ4v) is 3.03. The SMILES string of the molecule is CC(C)C[C@H](N)C(=O)N[C@H]1CN[C@H](C(=O)O)[C@@H]1CCCB(O)O. The van der Waals surface area contributed by atoms with Crippen molar-refractivity contribution in [3.05, 3.63) is 0 Å². The molecule has 1 saturated heterocycles. The smallest absolute Gasteiger partial charge is 0.451 e. The van der Waals surface area contributed by atoms with E-state index in [1.165, 1.54) is 0 Å². The number of hydrogen-bond acceptors (Lipinski definition) is 6. The molecule has 0 unspecified atom stereocenters. The Kier molecular flexibility index (Phi) is 7.97. The molecule has 1 rings (SSSR count). The third-order valence-electron chi connectivity index (χ3n) is 4.16. The van der Waals surface area contributed by atoms with Crippen molar-refractivity contribution in [1.82, 2.24) is 10.6 Å². The second kappa shape index (κ2) is 9.22. The minimum absolute atomic E-state index is 0.177. The summed E-state index contributed by atoms with van der Waals surface area (Å²) in [6.07, 6.45) is 1.69. The van der Waals surface area contributed by atoms with E-state index in [-0.39, 0.29) is 24.2 Å². The zero-order chi connectivity index (χ0) is 17.6. The summed E-state index contributed by atoms with van der Waals surface area (Å²) >= 11 is 0. The van der Waals surface area contributed by atoms with Gasteiger partial charge in [0.1, 0.15) is 6.04 Å². The summed E-state index contributed by atoms with van der Waals surface area (Å²) in [7, 11) is -1.40. The minimum atomic E-state index is -1.40. The molecule has 0 aromatic rings. The highest BCUT2D eigenvalue weighted by Crippen LogP contribution is 2.23. The van der Waals surface area contributed by atoms with Crippen LogP contribution in [0.2, 0.25) is 6.32 Å². The lowest BCUT2D eigenvalue weighted by Gasteiger charge is -2.24. The zero-order valence-corrected chi connectivity index (χ0v) is 13.7. The maximum Gasteiger partial charge on any atom is 0.451 e. The first-order valence-electron chi connectivity index (χ1n) is 8.10. The van der Waals surface area contributed by atoms with Gasteiger partial charge in [-0.15, -0.1) is 0 Å². The van der Waals surface area contributed by atoms with Crippen LogP contribution in [0.25, 0.3) is 0 Å². The molecule has 1 aliphatic rings. The first-order valence-corrected chi connectivity index (χ1v) is 8.10. The Morgan fingerprint density at radius 3 is 2.57 bits per heavy atom. The van der Waals surface area contributed by atoms with E-state index in [0.717, 1.165) is 0 Å². The highest BCUT2D eigenvalue weighted by atomic mass is 16.4. The molecule has 1 aliphatic heterocycles. The molecule has 4 atom stereocenters.